The second-order valence-corrected chi connectivity index (χ2v) is 4.90. The van der Waals surface area contributed by atoms with E-state index in [1.807, 2.05) is 32.2 Å². The summed E-state index contributed by atoms with van der Waals surface area (Å²) in [6.07, 6.45) is 3.63. The van der Waals surface area contributed by atoms with Crippen LogP contribution in [-0.4, -0.2) is 23.5 Å². The van der Waals surface area contributed by atoms with Crippen molar-refractivity contribution in [3.05, 3.63) is 53.2 Å². The SMILES string of the molecule is Cc1ccc(C(CN)N(C)Cc2ccoc2C)cn1. The van der Waals surface area contributed by atoms with E-state index in [2.05, 4.69) is 23.0 Å². The van der Waals surface area contributed by atoms with E-state index in [-0.39, 0.29) is 6.04 Å². The molecule has 0 aromatic carbocycles. The van der Waals surface area contributed by atoms with Gasteiger partial charge in [-0.2, -0.15) is 0 Å². The molecule has 2 rings (SSSR count). The summed E-state index contributed by atoms with van der Waals surface area (Å²) >= 11 is 0. The Morgan fingerprint density at radius 1 is 1.32 bits per heavy atom. The number of furan rings is 1. The fourth-order valence-corrected chi connectivity index (χ4v) is 2.20. The van der Waals surface area contributed by atoms with Crippen molar-refractivity contribution in [1.82, 2.24) is 9.88 Å². The Morgan fingerprint density at radius 3 is 2.63 bits per heavy atom. The van der Waals surface area contributed by atoms with Gasteiger partial charge in [-0.05, 0) is 38.6 Å². The predicted molar refractivity (Wildman–Crippen MR) is 75.7 cm³/mol. The Balaban J connectivity index is 2.13. The summed E-state index contributed by atoms with van der Waals surface area (Å²) < 4.78 is 5.33. The minimum absolute atomic E-state index is 0.169. The highest BCUT2D eigenvalue weighted by atomic mass is 16.3. The molecule has 2 heterocycles. The lowest BCUT2D eigenvalue weighted by Crippen LogP contribution is -2.30. The van der Waals surface area contributed by atoms with Crippen LogP contribution in [0.5, 0.6) is 0 Å². The van der Waals surface area contributed by atoms with Gasteiger partial charge in [-0.25, -0.2) is 0 Å². The van der Waals surface area contributed by atoms with Crippen molar-refractivity contribution in [2.24, 2.45) is 5.73 Å². The molecule has 2 N–H and O–H groups in total. The van der Waals surface area contributed by atoms with E-state index in [0.717, 1.165) is 23.6 Å². The van der Waals surface area contributed by atoms with Crippen molar-refractivity contribution in [3.63, 3.8) is 0 Å². The molecule has 19 heavy (non-hydrogen) atoms. The van der Waals surface area contributed by atoms with Crippen LogP contribution in [0.1, 0.15) is 28.6 Å². The smallest absolute Gasteiger partial charge is 0.105 e. The molecule has 2 aromatic rings. The highest BCUT2D eigenvalue weighted by Gasteiger charge is 2.17. The number of nitrogens with two attached hydrogens (primary N) is 1. The Morgan fingerprint density at radius 2 is 2.11 bits per heavy atom. The molecule has 0 amide bonds. The van der Waals surface area contributed by atoms with Crippen molar-refractivity contribution in [2.45, 2.75) is 26.4 Å². The van der Waals surface area contributed by atoms with Crippen molar-refractivity contribution in [2.75, 3.05) is 13.6 Å². The van der Waals surface area contributed by atoms with Crippen LogP contribution in [0.25, 0.3) is 0 Å². The summed E-state index contributed by atoms with van der Waals surface area (Å²) in [5, 5.41) is 0. The average Bonchev–Trinajstić information content (AvgIpc) is 2.78. The summed E-state index contributed by atoms with van der Waals surface area (Å²) in [5.41, 5.74) is 9.28. The summed E-state index contributed by atoms with van der Waals surface area (Å²) in [4.78, 5) is 6.57. The highest BCUT2D eigenvalue weighted by molar-refractivity contribution is 5.19. The fraction of sp³-hybridized carbons (Fsp3) is 0.400. The Kier molecular flexibility index (Phi) is 4.35. The number of aromatic nitrogens is 1. The van der Waals surface area contributed by atoms with Crippen LogP contribution in [0.4, 0.5) is 0 Å². The van der Waals surface area contributed by atoms with Gasteiger partial charge in [-0.3, -0.25) is 9.88 Å². The van der Waals surface area contributed by atoms with Crippen molar-refractivity contribution in [3.8, 4) is 0 Å². The van der Waals surface area contributed by atoms with E-state index in [9.17, 15) is 0 Å². The lowest BCUT2D eigenvalue weighted by atomic mass is 10.1. The van der Waals surface area contributed by atoms with Gasteiger partial charge in [0, 0.05) is 36.6 Å². The van der Waals surface area contributed by atoms with Crippen LogP contribution in [0, 0.1) is 13.8 Å². The number of hydrogen-bond acceptors (Lipinski definition) is 4. The second-order valence-electron chi connectivity index (χ2n) is 4.90. The number of hydrogen-bond donors (Lipinski definition) is 1. The largest absolute Gasteiger partial charge is 0.469 e. The van der Waals surface area contributed by atoms with Gasteiger partial charge in [-0.1, -0.05) is 6.07 Å². The van der Waals surface area contributed by atoms with E-state index >= 15 is 0 Å². The van der Waals surface area contributed by atoms with Crippen LogP contribution < -0.4 is 5.73 Å². The molecule has 0 saturated carbocycles. The summed E-state index contributed by atoms with van der Waals surface area (Å²) in [6.45, 7) is 5.35. The molecular weight excluding hydrogens is 238 g/mol. The van der Waals surface area contributed by atoms with E-state index in [0.29, 0.717) is 6.54 Å². The molecule has 0 fully saturated rings. The van der Waals surface area contributed by atoms with Gasteiger partial charge in [0.2, 0.25) is 0 Å². The van der Waals surface area contributed by atoms with Crippen LogP contribution in [0.15, 0.2) is 35.1 Å². The zero-order valence-corrected chi connectivity index (χ0v) is 11.8. The number of likely N-dealkylation sites (N-methyl/N-ethyl adjacent to an activating group) is 1. The van der Waals surface area contributed by atoms with Gasteiger partial charge in [0.25, 0.3) is 0 Å². The molecular formula is C15H21N3O. The molecule has 0 aliphatic carbocycles. The maximum absolute atomic E-state index is 5.92. The summed E-state index contributed by atoms with van der Waals surface area (Å²) in [5.74, 6) is 0.963. The monoisotopic (exact) mass is 259 g/mol. The highest BCUT2D eigenvalue weighted by Crippen LogP contribution is 2.21. The Hall–Kier alpha value is -1.65. The van der Waals surface area contributed by atoms with Crippen LogP contribution >= 0.6 is 0 Å². The average molecular weight is 259 g/mol. The lowest BCUT2D eigenvalue weighted by Gasteiger charge is -2.27. The molecule has 4 heteroatoms. The van der Waals surface area contributed by atoms with Crippen molar-refractivity contribution >= 4 is 0 Å². The number of nitrogens with zero attached hydrogens (tertiary/aromatic N) is 2. The maximum atomic E-state index is 5.92. The Labute approximate surface area is 114 Å². The summed E-state index contributed by atoms with van der Waals surface area (Å²) in [6, 6.07) is 6.29. The first kappa shape index (κ1) is 13.8. The minimum atomic E-state index is 0.169. The first-order chi connectivity index (χ1) is 9.11. The molecule has 1 atom stereocenters. The maximum Gasteiger partial charge on any atom is 0.105 e. The van der Waals surface area contributed by atoms with Gasteiger partial charge >= 0.3 is 0 Å². The molecule has 0 bridgehead atoms. The van der Waals surface area contributed by atoms with Gasteiger partial charge in [-0.15, -0.1) is 0 Å². The number of pyridine rings is 1. The van der Waals surface area contributed by atoms with Gasteiger partial charge in [0.05, 0.1) is 6.26 Å². The zero-order chi connectivity index (χ0) is 13.8. The van der Waals surface area contributed by atoms with Gasteiger partial charge in [0.15, 0.2) is 0 Å². The normalized spacial score (nSPS) is 12.9. The molecule has 0 saturated heterocycles. The van der Waals surface area contributed by atoms with Crippen LogP contribution in [0.2, 0.25) is 0 Å². The van der Waals surface area contributed by atoms with E-state index in [4.69, 9.17) is 10.2 Å². The van der Waals surface area contributed by atoms with E-state index in [1.54, 1.807) is 6.26 Å². The molecule has 2 aromatic heterocycles. The number of rotatable bonds is 5. The molecule has 0 spiro atoms. The molecule has 0 aliphatic rings. The first-order valence-corrected chi connectivity index (χ1v) is 6.47. The third kappa shape index (κ3) is 3.22. The molecule has 0 aliphatic heterocycles. The summed E-state index contributed by atoms with van der Waals surface area (Å²) in [7, 11) is 2.07. The lowest BCUT2D eigenvalue weighted by molar-refractivity contribution is 0.240. The first-order valence-electron chi connectivity index (χ1n) is 6.47. The third-order valence-electron chi connectivity index (χ3n) is 3.46. The second kappa shape index (κ2) is 5.99. The van der Waals surface area contributed by atoms with Gasteiger partial charge in [0.1, 0.15) is 5.76 Å². The topological polar surface area (TPSA) is 55.3 Å². The van der Waals surface area contributed by atoms with Crippen LogP contribution in [0.3, 0.4) is 0 Å². The van der Waals surface area contributed by atoms with E-state index < -0.39 is 0 Å². The molecule has 1 unspecified atom stereocenters. The molecule has 0 radical (unpaired) electrons. The standard InChI is InChI=1S/C15H21N3O/c1-11-4-5-13(9-17-11)15(8-16)18(3)10-14-6-7-19-12(14)2/h4-7,9,15H,8,10,16H2,1-3H3. The number of aryl methyl sites for hydroxylation is 2. The fourth-order valence-electron chi connectivity index (χ4n) is 2.20. The van der Waals surface area contributed by atoms with Crippen molar-refractivity contribution in [1.29, 1.82) is 0 Å². The predicted octanol–water partition coefficient (Wildman–Crippen LogP) is 2.42. The van der Waals surface area contributed by atoms with Gasteiger partial charge < -0.3 is 10.2 Å². The van der Waals surface area contributed by atoms with Crippen LogP contribution in [-0.2, 0) is 6.54 Å². The third-order valence-corrected chi connectivity index (χ3v) is 3.46. The molecule has 4 nitrogen and oxygen atoms in total. The quantitative estimate of drug-likeness (QED) is 0.896. The van der Waals surface area contributed by atoms with E-state index in [1.165, 1.54) is 5.56 Å². The zero-order valence-electron chi connectivity index (χ0n) is 11.8. The minimum Gasteiger partial charge on any atom is -0.469 e. The molecule has 102 valence electrons. The van der Waals surface area contributed by atoms with Crippen molar-refractivity contribution < 1.29 is 4.42 Å². The Bertz CT molecular complexity index is 518.